The SMILES string of the molecule is CCNC(=NCc1cccc(N(C)C)n1)NC1CC(C)N(Cc2ccccc2)C1. The van der Waals surface area contributed by atoms with Crippen molar-refractivity contribution < 1.29 is 0 Å². The third kappa shape index (κ3) is 6.19. The van der Waals surface area contributed by atoms with Crippen molar-refractivity contribution in [2.24, 2.45) is 4.99 Å². The van der Waals surface area contributed by atoms with E-state index >= 15 is 0 Å². The van der Waals surface area contributed by atoms with Crippen LogP contribution in [0, 0.1) is 0 Å². The largest absolute Gasteiger partial charge is 0.363 e. The molecule has 0 aliphatic carbocycles. The van der Waals surface area contributed by atoms with Gasteiger partial charge in [-0.3, -0.25) is 4.90 Å². The van der Waals surface area contributed by atoms with Crippen molar-refractivity contribution in [1.29, 1.82) is 0 Å². The van der Waals surface area contributed by atoms with Gasteiger partial charge in [-0.15, -0.1) is 0 Å². The highest BCUT2D eigenvalue weighted by Crippen LogP contribution is 2.20. The van der Waals surface area contributed by atoms with Gasteiger partial charge in [0.1, 0.15) is 5.82 Å². The summed E-state index contributed by atoms with van der Waals surface area (Å²) in [5.74, 6) is 1.82. The van der Waals surface area contributed by atoms with Crippen molar-refractivity contribution in [1.82, 2.24) is 20.5 Å². The second kappa shape index (κ2) is 10.3. The Morgan fingerprint density at radius 1 is 1.17 bits per heavy atom. The summed E-state index contributed by atoms with van der Waals surface area (Å²) in [6.07, 6.45) is 1.12. The number of rotatable bonds is 7. The van der Waals surface area contributed by atoms with Crippen molar-refractivity contribution in [3.8, 4) is 0 Å². The molecule has 0 bridgehead atoms. The van der Waals surface area contributed by atoms with Gasteiger partial charge in [0.15, 0.2) is 5.96 Å². The van der Waals surface area contributed by atoms with E-state index in [-0.39, 0.29) is 0 Å². The Balaban J connectivity index is 1.60. The number of likely N-dealkylation sites (tertiary alicyclic amines) is 1. The van der Waals surface area contributed by atoms with E-state index in [1.54, 1.807) is 0 Å². The first kappa shape index (κ1) is 21.1. The molecule has 0 saturated carbocycles. The Morgan fingerprint density at radius 3 is 2.69 bits per heavy atom. The zero-order chi connectivity index (χ0) is 20.6. The molecule has 0 amide bonds. The number of hydrogen-bond acceptors (Lipinski definition) is 4. The van der Waals surface area contributed by atoms with Crippen LogP contribution in [0.3, 0.4) is 0 Å². The molecule has 1 aliphatic heterocycles. The van der Waals surface area contributed by atoms with Crippen molar-refractivity contribution in [2.45, 2.75) is 45.4 Å². The van der Waals surface area contributed by atoms with E-state index in [1.807, 2.05) is 37.2 Å². The Morgan fingerprint density at radius 2 is 1.97 bits per heavy atom. The molecule has 3 rings (SSSR count). The van der Waals surface area contributed by atoms with Crippen LogP contribution in [0.15, 0.2) is 53.5 Å². The van der Waals surface area contributed by atoms with Gasteiger partial charge < -0.3 is 15.5 Å². The van der Waals surface area contributed by atoms with Crippen molar-refractivity contribution in [2.75, 3.05) is 32.1 Å². The lowest BCUT2D eigenvalue weighted by molar-refractivity contribution is 0.258. The molecule has 2 unspecified atom stereocenters. The summed E-state index contributed by atoms with van der Waals surface area (Å²) in [5, 5.41) is 7.01. The third-order valence-electron chi connectivity index (χ3n) is 5.27. The molecule has 1 saturated heterocycles. The van der Waals surface area contributed by atoms with Crippen molar-refractivity contribution in [3.05, 3.63) is 59.8 Å². The normalized spacial score (nSPS) is 19.9. The predicted octanol–water partition coefficient (Wildman–Crippen LogP) is 2.87. The molecule has 1 aromatic carbocycles. The first-order valence-corrected chi connectivity index (χ1v) is 10.5. The van der Waals surface area contributed by atoms with Crippen LogP contribution in [0.4, 0.5) is 5.82 Å². The van der Waals surface area contributed by atoms with Gasteiger partial charge in [0.2, 0.25) is 0 Å². The molecule has 156 valence electrons. The fourth-order valence-corrected chi connectivity index (χ4v) is 3.72. The zero-order valence-electron chi connectivity index (χ0n) is 18.1. The smallest absolute Gasteiger partial charge is 0.191 e. The maximum atomic E-state index is 4.78. The molecule has 2 heterocycles. The summed E-state index contributed by atoms with van der Waals surface area (Å²) in [7, 11) is 4.01. The quantitative estimate of drug-likeness (QED) is 0.559. The molecule has 0 radical (unpaired) electrons. The Kier molecular flexibility index (Phi) is 7.47. The van der Waals surface area contributed by atoms with Crippen LogP contribution in [0.5, 0.6) is 0 Å². The fourth-order valence-electron chi connectivity index (χ4n) is 3.72. The standard InChI is InChI=1S/C23H34N6/c1-5-24-23(25-15-20-12-9-13-22(26-20)28(3)4)27-21-14-18(2)29(17-21)16-19-10-7-6-8-11-19/h6-13,18,21H,5,14-17H2,1-4H3,(H2,24,25,27). The molecular formula is C23H34N6. The number of pyridine rings is 1. The van der Waals surface area contributed by atoms with E-state index < -0.39 is 0 Å². The molecular weight excluding hydrogens is 360 g/mol. The number of anilines is 1. The summed E-state index contributed by atoms with van der Waals surface area (Å²) in [6, 6.07) is 17.7. The van der Waals surface area contributed by atoms with Gasteiger partial charge in [-0.1, -0.05) is 36.4 Å². The van der Waals surface area contributed by atoms with Crippen LogP contribution >= 0.6 is 0 Å². The molecule has 1 aromatic heterocycles. The lowest BCUT2D eigenvalue weighted by atomic mass is 10.2. The molecule has 2 N–H and O–H groups in total. The lowest BCUT2D eigenvalue weighted by Gasteiger charge is -2.21. The average molecular weight is 395 g/mol. The number of nitrogens with zero attached hydrogens (tertiary/aromatic N) is 4. The predicted molar refractivity (Wildman–Crippen MR) is 121 cm³/mol. The fraction of sp³-hybridized carbons (Fsp3) is 0.478. The van der Waals surface area contributed by atoms with Gasteiger partial charge in [-0.2, -0.15) is 0 Å². The van der Waals surface area contributed by atoms with Crippen LogP contribution in [0.1, 0.15) is 31.5 Å². The van der Waals surface area contributed by atoms with Gasteiger partial charge in [0.25, 0.3) is 0 Å². The third-order valence-corrected chi connectivity index (χ3v) is 5.27. The highest BCUT2D eigenvalue weighted by atomic mass is 15.3. The maximum absolute atomic E-state index is 4.78. The minimum Gasteiger partial charge on any atom is -0.363 e. The van der Waals surface area contributed by atoms with E-state index in [9.17, 15) is 0 Å². The molecule has 6 heteroatoms. The number of nitrogens with one attached hydrogen (secondary N) is 2. The summed E-state index contributed by atoms with van der Waals surface area (Å²) in [6.45, 7) is 7.83. The average Bonchev–Trinajstić information content (AvgIpc) is 3.06. The number of aliphatic imine (C=N–C) groups is 1. The molecule has 1 fully saturated rings. The summed E-state index contributed by atoms with van der Waals surface area (Å²) in [5.41, 5.74) is 2.34. The van der Waals surface area contributed by atoms with Crippen molar-refractivity contribution in [3.63, 3.8) is 0 Å². The zero-order valence-corrected chi connectivity index (χ0v) is 18.1. The monoisotopic (exact) mass is 394 g/mol. The minimum atomic E-state index is 0.396. The summed E-state index contributed by atoms with van der Waals surface area (Å²) in [4.78, 5) is 14.0. The van der Waals surface area contributed by atoms with E-state index in [0.29, 0.717) is 18.6 Å². The van der Waals surface area contributed by atoms with Gasteiger partial charge in [-0.25, -0.2) is 9.98 Å². The number of aromatic nitrogens is 1. The Hall–Kier alpha value is -2.60. The second-order valence-electron chi connectivity index (χ2n) is 7.92. The van der Waals surface area contributed by atoms with E-state index in [0.717, 1.165) is 43.5 Å². The van der Waals surface area contributed by atoms with Crippen LogP contribution in [0.2, 0.25) is 0 Å². The lowest BCUT2D eigenvalue weighted by Crippen LogP contribution is -2.44. The molecule has 0 spiro atoms. The van der Waals surface area contributed by atoms with Gasteiger partial charge in [0.05, 0.1) is 12.2 Å². The second-order valence-corrected chi connectivity index (χ2v) is 7.92. The topological polar surface area (TPSA) is 55.8 Å². The first-order valence-electron chi connectivity index (χ1n) is 10.5. The number of guanidine groups is 1. The van der Waals surface area contributed by atoms with E-state index in [1.165, 1.54) is 5.56 Å². The van der Waals surface area contributed by atoms with Crippen LogP contribution < -0.4 is 15.5 Å². The van der Waals surface area contributed by atoms with Crippen LogP contribution in [-0.4, -0.2) is 55.1 Å². The van der Waals surface area contributed by atoms with Gasteiger partial charge in [0, 0.05) is 45.8 Å². The summed E-state index contributed by atoms with van der Waals surface area (Å²) >= 11 is 0. The Bertz CT molecular complexity index is 789. The molecule has 2 atom stereocenters. The van der Waals surface area contributed by atoms with Gasteiger partial charge in [-0.05, 0) is 38.0 Å². The van der Waals surface area contributed by atoms with Gasteiger partial charge >= 0.3 is 0 Å². The van der Waals surface area contributed by atoms with Crippen molar-refractivity contribution >= 4 is 11.8 Å². The molecule has 1 aliphatic rings. The van der Waals surface area contributed by atoms with E-state index in [4.69, 9.17) is 4.99 Å². The Labute approximate surface area is 175 Å². The minimum absolute atomic E-state index is 0.396. The summed E-state index contributed by atoms with van der Waals surface area (Å²) < 4.78 is 0. The maximum Gasteiger partial charge on any atom is 0.191 e. The number of hydrogen-bond donors (Lipinski definition) is 2. The highest BCUT2D eigenvalue weighted by molar-refractivity contribution is 5.80. The van der Waals surface area contributed by atoms with Crippen LogP contribution in [-0.2, 0) is 13.1 Å². The first-order chi connectivity index (χ1) is 14.0. The van der Waals surface area contributed by atoms with Crippen LogP contribution in [0.25, 0.3) is 0 Å². The van der Waals surface area contributed by atoms with E-state index in [2.05, 4.69) is 64.7 Å². The molecule has 29 heavy (non-hydrogen) atoms. The number of benzene rings is 1. The highest BCUT2D eigenvalue weighted by Gasteiger charge is 2.29. The molecule has 6 nitrogen and oxygen atoms in total. The molecule has 2 aromatic rings.